The minimum Gasteiger partial charge on any atom is -0.313 e. The van der Waals surface area contributed by atoms with Gasteiger partial charge in [-0.05, 0) is 49.3 Å². The van der Waals surface area contributed by atoms with Gasteiger partial charge in [0.05, 0.1) is 0 Å². The Hall–Kier alpha value is -0.820. The molecule has 1 N–H and O–H groups in total. The van der Waals surface area contributed by atoms with Gasteiger partial charge in [0.2, 0.25) is 0 Å². The van der Waals surface area contributed by atoms with Crippen LogP contribution >= 0.6 is 0 Å². The molecular formula is C13H17N. The summed E-state index contributed by atoms with van der Waals surface area (Å²) in [5.41, 5.74) is 3.22. The Morgan fingerprint density at radius 2 is 2.07 bits per heavy atom. The van der Waals surface area contributed by atoms with Crippen LogP contribution in [0.1, 0.15) is 36.3 Å². The van der Waals surface area contributed by atoms with Crippen molar-refractivity contribution in [3.8, 4) is 0 Å². The number of hydrogen-bond donors (Lipinski definition) is 1. The monoisotopic (exact) mass is 187 g/mol. The average molecular weight is 187 g/mol. The zero-order valence-electron chi connectivity index (χ0n) is 8.50. The van der Waals surface area contributed by atoms with Crippen molar-refractivity contribution < 1.29 is 0 Å². The molecule has 74 valence electrons. The maximum atomic E-state index is 3.66. The molecule has 3 rings (SSSR count). The highest BCUT2D eigenvalue weighted by molar-refractivity contribution is 5.34. The van der Waals surface area contributed by atoms with E-state index in [0.717, 1.165) is 12.0 Å². The molecule has 1 fully saturated rings. The van der Waals surface area contributed by atoms with E-state index in [2.05, 4.69) is 29.6 Å². The lowest BCUT2D eigenvalue weighted by molar-refractivity contribution is 0.319. The molecule has 1 aromatic carbocycles. The van der Waals surface area contributed by atoms with Crippen LogP contribution in [-0.4, -0.2) is 12.6 Å². The Balaban J connectivity index is 1.99. The Bertz CT molecular complexity index is 332. The molecule has 0 radical (unpaired) electrons. The second-order valence-corrected chi connectivity index (χ2v) is 4.55. The van der Waals surface area contributed by atoms with E-state index in [9.17, 15) is 0 Å². The fraction of sp³-hybridized carbons (Fsp3) is 0.538. The molecule has 1 heterocycles. The van der Waals surface area contributed by atoms with Crippen LogP contribution in [0.2, 0.25) is 0 Å². The normalized spacial score (nSPS) is 30.6. The van der Waals surface area contributed by atoms with Gasteiger partial charge in [-0.25, -0.2) is 0 Å². The van der Waals surface area contributed by atoms with Gasteiger partial charge in [0, 0.05) is 6.04 Å². The second kappa shape index (κ2) is 3.39. The van der Waals surface area contributed by atoms with Crippen molar-refractivity contribution in [2.75, 3.05) is 6.54 Å². The molecule has 0 spiro atoms. The van der Waals surface area contributed by atoms with Crippen LogP contribution in [0.4, 0.5) is 0 Å². The largest absolute Gasteiger partial charge is 0.313 e. The summed E-state index contributed by atoms with van der Waals surface area (Å²) in [5.74, 6) is 0.800. The van der Waals surface area contributed by atoms with Crippen molar-refractivity contribution in [2.24, 2.45) is 0 Å². The van der Waals surface area contributed by atoms with Crippen molar-refractivity contribution in [1.82, 2.24) is 5.32 Å². The summed E-state index contributed by atoms with van der Waals surface area (Å²) in [7, 11) is 0. The molecule has 0 bridgehead atoms. The third-order valence-corrected chi connectivity index (χ3v) is 3.76. The lowest BCUT2D eigenvalue weighted by Crippen LogP contribution is -2.42. The van der Waals surface area contributed by atoms with E-state index in [1.54, 1.807) is 11.1 Å². The van der Waals surface area contributed by atoms with Crippen LogP contribution in [0, 0.1) is 0 Å². The first kappa shape index (κ1) is 8.49. The fourth-order valence-corrected chi connectivity index (χ4v) is 3.06. The van der Waals surface area contributed by atoms with Crippen molar-refractivity contribution in [3.05, 3.63) is 35.4 Å². The zero-order valence-corrected chi connectivity index (χ0v) is 8.50. The highest BCUT2D eigenvalue weighted by atomic mass is 14.9. The highest BCUT2D eigenvalue weighted by Gasteiger charge is 2.30. The molecule has 1 saturated heterocycles. The third kappa shape index (κ3) is 1.27. The highest BCUT2D eigenvalue weighted by Crippen LogP contribution is 2.36. The van der Waals surface area contributed by atoms with E-state index >= 15 is 0 Å². The van der Waals surface area contributed by atoms with E-state index in [1.165, 1.54) is 32.2 Å². The molecule has 0 saturated carbocycles. The molecule has 0 aromatic heterocycles. The molecule has 2 atom stereocenters. The van der Waals surface area contributed by atoms with Gasteiger partial charge in [-0.15, -0.1) is 0 Å². The van der Waals surface area contributed by atoms with E-state index in [-0.39, 0.29) is 0 Å². The number of benzene rings is 1. The minimum atomic E-state index is 0.763. The maximum absolute atomic E-state index is 3.66. The molecular weight excluding hydrogens is 170 g/mol. The number of hydrogen-bond acceptors (Lipinski definition) is 1. The van der Waals surface area contributed by atoms with Gasteiger partial charge >= 0.3 is 0 Å². The fourth-order valence-electron chi connectivity index (χ4n) is 3.06. The topological polar surface area (TPSA) is 12.0 Å². The number of aryl methyl sites for hydroxylation is 1. The summed E-state index contributed by atoms with van der Waals surface area (Å²) < 4.78 is 0. The molecule has 1 aliphatic carbocycles. The number of nitrogens with one attached hydrogen (secondary N) is 1. The quantitative estimate of drug-likeness (QED) is 0.658. The van der Waals surface area contributed by atoms with Gasteiger partial charge in [0.15, 0.2) is 0 Å². The lowest BCUT2D eigenvalue weighted by atomic mass is 9.75. The van der Waals surface area contributed by atoms with Gasteiger partial charge in [0.25, 0.3) is 0 Å². The summed E-state index contributed by atoms with van der Waals surface area (Å²) >= 11 is 0. The van der Waals surface area contributed by atoms with Crippen LogP contribution in [0.3, 0.4) is 0 Å². The summed E-state index contributed by atoms with van der Waals surface area (Å²) in [5, 5.41) is 3.66. The first-order chi connectivity index (χ1) is 6.95. The van der Waals surface area contributed by atoms with Gasteiger partial charge in [-0.2, -0.15) is 0 Å². The van der Waals surface area contributed by atoms with Crippen molar-refractivity contribution in [2.45, 2.75) is 37.6 Å². The molecule has 2 aliphatic rings. The molecule has 1 heteroatoms. The van der Waals surface area contributed by atoms with E-state index in [4.69, 9.17) is 0 Å². The number of fused-ring (bicyclic) bond motifs is 3. The van der Waals surface area contributed by atoms with E-state index in [1.807, 2.05) is 0 Å². The van der Waals surface area contributed by atoms with Crippen LogP contribution < -0.4 is 5.32 Å². The van der Waals surface area contributed by atoms with Gasteiger partial charge in [0.1, 0.15) is 0 Å². The maximum Gasteiger partial charge on any atom is 0.0139 e. The minimum absolute atomic E-state index is 0.763. The molecule has 1 nitrogen and oxygen atoms in total. The Morgan fingerprint density at radius 3 is 3.07 bits per heavy atom. The molecule has 1 unspecified atom stereocenters. The smallest absolute Gasteiger partial charge is 0.0139 e. The summed E-state index contributed by atoms with van der Waals surface area (Å²) in [4.78, 5) is 0. The van der Waals surface area contributed by atoms with Crippen LogP contribution in [0.25, 0.3) is 0 Å². The lowest BCUT2D eigenvalue weighted by Gasteiger charge is -2.37. The predicted molar refractivity (Wildman–Crippen MR) is 58.5 cm³/mol. The van der Waals surface area contributed by atoms with Crippen LogP contribution in [-0.2, 0) is 6.42 Å². The summed E-state index contributed by atoms with van der Waals surface area (Å²) in [6, 6.07) is 9.77. The molecule has 1 aromatic rings. The van der Waals surface area contributed by atoms with Crippen molar-refractivity contribution in [3.63, 3.8) is 0 Å². The Morgan fingerprint density at radius 1 is 1.14 bits per heavy atom. The van der Waals surface area contributed by atoms with E-state index < -0.39 is 0 Å². The summed E-state index contributed by atoms with van der Waals surface area (Å²) in [6.45, 7) is 1.23. The molecule has 14 heavy (non-hydrogen) atoms. The van der Waals surface area contributed by atoms with Crippen molar-refractivity contribution in [1.29, 1.82) is 0 Å². The molecule has 1 aliphatic heterocycles. The first-order valence-electron chi connectivity index (χ1n) is 5.76. The van der Waals surface area contributed by atoms with Crippen molar-refractivity contribution >= 4 is 0 Å². The summed E-state index contributed by atoms with van der Waals surface area (Å²) in [6.07, 6.45) is 5.33. The predicted octanol–water partition coefficient (Wildman–Crippen LogP) is 2.47. The van der Waals surface area contributed by atoms with Crippen LogP contribution in [0.5, 0.6) is 0 Å². The van der Waals surface area contributed by atoms with E-state index in [0.29, 0.717) is 0 Å². The first-order valence-corrected chi connectivity index (χ1v) is 5.76. The Kier molecular flexibility index (Phi) is 2.06. The second-order valence-electron chi connectivity index (χ2n) is 4.55. The molecule has 0 amide bonds. The standard InChI is InChI=1S/C13H17N/c1-2-5-11-10(4-1)7-8-13-12(11)6-3-9-14-13/h1-2,4-5,12-14H,3,6-9H2/t12?,13-/m1/s1. The van der Waals surface area contributed by atoms with Crippen LogP contribution in [0.15, 0.2) is 24.3 Å². The Labute approximate surface area is 85.5 Å². The third-order valence-electron chi connectivity index (χ3n) is 3.76. The average Bonchev–Trinajstić information content (AvgIpc) is 2.29. The number of rotatable bonds is 0. The van der Waals surface area contributed by atoms with Gasteiger partial charge in [-0.3, -0.25) is 0 Å². The number of piperidine rings is 1. The SMILES string of the molecule is c1ccc2c(c1)CC[C@H]1NCCCC21. The van der Waals surface area contributed by atoms with Gasteiger partial charge in [-0.1, -0.05) is 24.3 Å². The van der Waals surface area contributed by atoms with Gasteiger partial charge < -0.3 is 5.32 Å². The zero-order chi connectivity index (χ0) is 9.38.